The minimum Gasteiger partial charge on any atom is -0.481 e. The van der Waals surface area contributed by atoms with E-state index < -0.39 is 6.10 Å². The van der Waals surface area contributed by atoms with Crippen molar-refractivity contribution in [2.45, 2.75) is 45.8 Å². The van der Waals surface area contributed by atoms with Gasteiger partial charge in [-0.15, -0.1) is 0 Å². The number of nitrogens with one attached hydrogen (secondary N) is 1. The normalized spacial score (nSPS) is 20.2. The summed E-state index contributed by atoms with van der Waals surface area (Å²) in [4.78, 5) is 31.7. The van der Waals surface area contributed by atoms with E-state index in [1.54, 1.807) is 31.2 Å². The quantitative estimate of drug-likeness (QED) is 0.740. The van der Waals surface area contributed by atoms with Crippen LogP contribution in [0.5, 0.6) is 5.75 Å². The number of ether oxygens (including phenoxy) is 1. The van der Waals surface area contributed by atoms with E-state index in [1.807, 2.05) is 30.0 Å². The van der Waals surface area contributed by atoms with Gasteiger partial charge in [-0.05, 0) is 68.9 Å². The predicted molar refractivity (Wildman–Crippen MR) is 119 cm³/mol. The van der Waals surface area contributed by atoms with Gasteiger partial charge in [-0.2, -0.15) is 0 Å². The van der Waals surface area contributed by atoms with Crippen LogP contribution in [-0.2, 0) is 16.1 Å². The van der Waals surface area contributed by atoms with Gasteiger partial charge in [0, 0.05) is 29.7 Å². The molecule has 2 aromatic rings. The van der Waals surface area contributed by atoms with Crippen LogP contribution in [0.15, 0.2) is 42.5 Å². The summed E-state index contributed by atoms with van der Waals surface area (Å²) in [5.41, 5.74) is 1.86. The third-order valence-corrected chi connectivity index (χ3v) is 6.66. The first-order valence-electron chi connectivity index (χ1n) is 10.8. The molecule has 164 valence electrons. The standard InChI is InChI=1S/C24H28ClN3O3/c1-16-5-3-7-19(27-16)15-26-22(29)21-14-24(21)9-11-28(12-10-24)23(30)17(2)31-20-8-4-6-18(25)13-20/h3-8,13,17,21H,9-12,14-15H2,1-2H3,(H,26,29). The third kappa shape index (κ3) is 5.01. The summed E-state index contributed by atoms with van der Waals surface area (Å²) in [5, 5.41) is 3.61. The average Bonchev–Trinajstić information content (AvgIpc) is 3.45. The zero-order valence-corrected chi connectivity index (χ0v) is 18.7. The number of carbonyl (C=O) groups is 2. The van der Waals surface area contributed by atoms with Crippen LogP contribution in [0.3, 0.4) is 0 Å². The van der Waals surface area contributed by atoms with Crippen LogP contribution in [-0.4, -0.2) is 40.9 Å². The molecule has 1 aromatic carbocycles. The van der Waals surface area contributed by atoms with E-state index in [4.69, 9.17) is 16.3 Å². The molecule has 1 N–H and O–H groups in total. The summed E-state index contributed by atoms with van der Waals surface area (Å²) >= 11 is 5.99. The first-order valence-corrected chi connectivity index (χ1v) is 11.2. The molecule has 2 heterocycles. The van der Waals surface area contributed by atoms with Crippen molar-refractivity contribution in [1.82, 2.24) is 15.2 Å². The highest BCUT2D eigenvalue weighted by Crippen LogP contribution is 2.59. The van der Waals surface area contributed by atoms with E-state index in [0.29, 0.717) is 30.4 Å². The highest BCUT2D eigenvalue weighted by Gasteiger charge is 2.58. The molecule has 2 fully saturated rings. The maximum absolute atomic E-state index is 12.8. The van der Waals surface area contributed by atoms with E-state index in [9.17, 15) is 9.59 Å². The van der Waals surface area contributed by atoms with E-state index in [1.165, 1.54) is 0 Å². The van der Waals surface area contributed by atoms with E-state index in [-0.39, 0.29) is 23.1 Å². The predicted octanol–water partition coefficient (Wildman–Crippen LogP) is 3.76. The van der Waals surface area contributed by atoms with Crippen molar-refractivity contribution in [2.75, 3.05) is 13.1 Å². The van der Waals surface area contributed by atoms with Gasteiger partial charge in [-0.3, -0.25) is 14.6 Å². The summed E-state index contributed by atoms with van der Waals surface area (Å²) in [6, 6.07) is 12.9. The summed E-state index contributed by atoms with van der Waals surface area (Å²) in [6.07, 6.45) is 2.02. The van der Waals surface area contributed by atoms with Gasteiger partial charge in [0.2, 0.25) is 5.91 Å². The molecule has 1 saturated heterocycles. The summed E-state index contributed by atoms with van der Waals surface area (Å²) < 4.78 is 5.77. The Hall–Kier alpha value is -2.60. The molecule has 0 radical (unpaired) electrons. The van der Waals surface area contributed by atoms with Crippen LogP contribution < -0.4 is 10.1 Å². The van der Waals surface area contributed by atoms with Crippen LogP contribution >= 0.6 is 11.6 Å². The number of carbonyl (C=O) groups excluding carboxylic acids is 2. The van der Waals surface area contributed by atoms with Gasteiger partial charge < -0.3 is 15.0 Å². The molecule has 1 aromatic heterocycles. The molecule has 1 aliphatic heterocycles. The van der Waals surface area contributed by atoms with Crippen molar-refractivity contribution in [3.05, 3.63) is 58.9 Å². The smallest absolute Gasteiger partial charge is 0.263 e. The number of aryl methyl sites for hydroxylation is 1. The molecule has 7 heteroatoms. The topological polar surface area (TPSA) is 71.5 Å². The SMILES string of the molecule is Cc1cccc(CNC(=O)C2CC23CCN(C(=O)C(C)Oc2cccc(Cl)c2)CC3)n1. The largest absolute Gasteiger partial charge is 0.481 e. The lowest BCUT2D eigenvalue weighted by molar-refractivity contribution is -0.139. The molecule has 31 heavy (non-hydrogen) atoms. The Balaban J connectivity index is 1.25. The number of benzene rings is 1. The monoisotopic (exact) mass is 441 g/mol. The molecular formula is C24H28ClN3O3. The molecule has 1 spiro atoms. The molecule has 0 bridgehead atoms. The molecule has 6 nitrogen and oxygen atoms in total. The average molecular weight is 442 g/mol. The lowest BCUT2D eigenvalue weighted by Crippen LogP contribution is -2.45. The molecule has 1 aliphatic carbocycles. The maximum atomic E-state index is 12.8. The van der Waals surface area contributed by atoms with Crippen molar-refractivity contribution in [2.24, 2.45) is 11.3 Å². The van der Waals surface area contributed by atoms with Gasteiger partial charge in [-0.1, -0.05) is 23.7 Å². The Morgan fingerprint density at radius 2 is 2.00 bits per heavy atom. The zero-order chi connectivity index (χ0) is 22.0. The van der Waals surface area contributed by atoms with Gasteiger partial charge >= 0.3 is 0 Å². The van der Waals surface area contributed by atoms with Crippen LogP contribution in [0.2, 0.25) is 5.02 Å². The number of aromatic nitrogens is 1. The first-order chi connectivity index (χ1) is 14.9. The van der Waals surface area contributed by atoms with Gasteiger partial charge in [0.15, 0.2) is 6.10 Å². The second-order valence-corrected chi connectivity index (χ2v) is 9.09. The van der Waals surface area contributed by atoms with Crippen LogP contribution in [0, 0.1) is 18.3 Å². The Kier molecular flexibility index (Phi) is 6.19. The summed E-state index contributed by atoms with van der Waals surface area (Å²) in [5.74, 6) is 0.696. The van der Waals surface area contributed by atoms with E-state index >= 15 is 0 Å². The van der Waals surface area contributed by atoms with Crippen molar-refractivity contribution in [3.8, 4) is 5.75 Å². The number of amides is 2. The zero-order valence-electron chi connectivity index (χ0n) is 17.9. The van der Waals surface area contributed by atoms with Gasteiger partial charge in [0.1, 0.15) is 5.75 Å². The fraction of sp³-hybridized carbons (Fsp3) is 0.458. The number of nitrogens with zero attached hydrogens (tertiary/aromatic N) is 2. The van der Waals surface area contributed by atoms with Crippen molar-refractivity contribution >= 4 is 23.4 Å². The number of hydrogen-bond acceptors (Lipinski definition) is 4. The number of likely N-dealkylation sites (tertiary alicyclic amines) is 1. The molecule has 4 rings (SSSR count). The maximum Gasteiger partial charge on any atom is 0.263 e. The number of rotatable bonds is 6. The molecule has 1 saturated carbocycles. The Morgan fingerprint density at radius 1 is 1.26 bits per heavy atom. The lowest BCUT2D eigenvalue weighted by atomic mass is 9.90. The van der Waals surface area contributed by atoms with Crippen molar-refractivity contribution in [1.29, 1.82) is 0 Å². The Labute approximate surface area is 187 Å². The lowest BCUT2D eigenvalue weighted by Gasteiger charge is -2.34. The number of halogens is 1. The van der Waals surface area contributed by atoms with Crippen LogP contribution in [0.1, 0.15) is 37.6 Å². The van der Waals surface area contributed by atoms with Crippen molar-refractivity contribution in [3.63, 3.8) is 0 Å². The number of hydrogen-bond donors (Lipinski definition) is 1. The minimum absolute atomic E-state index is 0.0259. The molecule has 2 unspecified atom stereocenters. The molecule has 2 atom stereocenters. The molecular weight excluding hydrogens is 414 g/mol. The van der Waals surface area contributed by atoms with Crippen molar-refractivity contribution < 1.29 is 14.3 Å². The summed E-state index contributed by atoms with van der Waals surface area (Å²) in [6.45, 7) is 5.48. The Bertz CT molecular complexity index is 972. The first kappa shape index (κ1) is 21.6. The second-order valence-electron chi connectivity index (χ2n) is 8.65. The fourth-order valence-electron chi connectivity index (χ4n) is 4.49. The van der Waals surface area contributed by atoms with E-state index in [0.717, 1.165) is 30.7 Å². The number of pyridine rings is 1. The fourth-order valence-corrected chi connectivity index (χ4v) is 4.67. The van der Waals surface area contributed by atoms with Gasteiger partial charge in [-0.25, -0.2) is 0 Å². The van der Waals surface area contributed by atoms with Crippen LogP contribution in [0.25, 0.3) is 0 Å². The van der Waals surface area contributed by atoms with Gasteiger partial charge in [0.25, 0.3) is 5.91 Å². The van der Waals surface area contributed by atoms with Gasteiger partial charge in [0.05, 0.1) is 12.2 Å². The summed E-state index contributed by atoms with van der Waals surface area (Å²) in [7, 11) is 0. The van der Waals surface area contributed by atoms with E-state index in [2.05, 4.69) is 10.3 Å². The second kappa shape index (κ2) is 8.87. The molecule has 2 amide bonds. The third-order valence-electron chi connectivity index (χ3n) is 6.42. The minimum atomic E-state index is -0.576. The highest BCUT2D eigenvalue weighted by atomic mass is 35.5. The number of piperidine rings is 1. The highest BCUT2D eigenvalue weighted by molar-refractivity contribution is 6.30. The Morgan fingerprint density at radius 3 is 2.71 bits per heavy atom. The molecule has 2 aliphatic rings. The van der Waals surface area contributed by atoms with Crippen LogP contribution in [0.4, 0.5) is 0 Å².